The van der Waals surface area contributed by atoms with Crippen molar-refractivity contribution in [3.8, 4) is 0 Å². The van der Waals surface area contributed by atoms with E-state index in [0.29, 0.717) is 16.6 Å². The molecular weight excluding hydrogens is 268 g/mol. The Kier molecular flexibility index (Phi) is 3.88. The summed E-state index contributed by atoms with van der Waals surface area (Å²) >= 11 is 10.7. The van der Waals surface area contributed by atoms with E-state index >= 15 is 0 Å². The molecule has 0 aliphatic heterocycles. The molecule has 0 unspecified atom stereocenters. The van der Waals surface area contributed by atoms with Gasteiger partial charge in [-0.15, -0.1) is 0 Å². The van der Waals surface area contributed by atoms with Crippen molar-refractivity contribution in [2.45, 2.75) is 19.3 Å². The maximum atomic E-state index is 11.9. The van der Waals surface area contributed by atoms with Crippen LogP contribution in [0.1, 0.15) is 18.4 Å². The summed E-state index contributed by atoms with van der Waals surface area (Å²) in [5.41, 5.74) is 6.17. The lowest BCUT2D eigenvalue weighted by atomic mass is 10.1. The van der Waals surface area contributed by atoms with Crippen LogP contribution >= 0.6 is 23.8 Å². The molecule has 1 saturated carbocycles. The Bertz CT molecular complexity index is 468. The molecule has 1 fully saturated rings. The first-order valence-electron chi connectivity index (χ1n) is 5.87. The number of nitrogens with one attached hydrogen (secondary N) is 1. The van der Waals surface area contributed by atoms with Gasteiger partial charge in [-0.1, -0.05) is 36.0 Å². The number of nitrogens with two attached hydrogens (primary N) is 1. The molecule has 2 rings (SSSR count). The van der Waals surface area contributed by atoms with E-state index in [1.54, 1.807) is 0 Å². The SMILES string of the molecule is NC(=S)C1(C(=O)NCCc2ccc(Cl)cc2)CC1. The van der Waals surface area contributed by atoms with E-state index in [-0.39, 0.29) is 5.91 Å². The molecule has 0 atom stereocenters. The van der Waals surface area contributed by atoms with Gasteiger partial charge < -0.3 is 11.1 Å². The zero-order valence-electron chi connectivity index (χ0n) is 9.91. The number of hydrogen-bond donors (Lipinski definition) is 2. The van der Waals surface area contributed by atoms with Crippen molar-refractivity contribution >= 4 is 34.7 Å². The Balaban J connectivity index is 1.81. The second-order valence-electron chi connectivity index (χ2n) is 4.58. The second kappa shape index (κ2) is 5.24. The first kappa shape index (κ1) is 13.3. The fourth-order valence-electron chi connectivity index (χ4n) is 1.85. The number of hydrogen-bond acceptors (Lipinski definition) is 2. The van der Waals surface area contributed by atoms with Crippen LogP contribution in [0, 0.1) is 5.41 Å². The number of benzene rings is 1. The van der Waals surface area contributed by atoms with Gasteiger partial charge in [0.2, 0.25) is 5.91 Å². The maximum Gasteiger partial charge on any atom is 0.233 e. The van der Waals surface area contributed by atoms with Gasteiger partial charge in [-0.25, -0.2) is 0 Å². The monoisotopic (exact) mass is 282 g/mol. The summed E-state index contributed by atoms with van der Waals surface area (Å²) in [5, 5.41) is 3.61. The van der Waals surface area contributed by atoms with Gasteiger partial charge in [0.15, 0.2) is 0 Å². The fraction of sp³-hybridized carbons (Fsp3) is 0.385. The van der Waals surface area contributed by atoms with Crippen molar-refractivity contribution in [1.82, 2.24) is 5.32 Å². The van der Waals surface area contributed by atoms with Crippen molar-refractivity contribution in [2.24, 2.45) is 11.1 Å². The summed E-state index contributed by atoms with van der Waals surface area (Å²) in [6.45, 7) is 0.588. The molecule has 1 aliphatic rings. The molecule has 0 bridgehead atoms. The van der Waals surface area contributed by atoms with Crippen LogP contribution in [0.15, 0.2) is 24.3 Å². The molecule has 0 aromatic heterocycles. The van der Waals surface area contributed by atoms with Gasteiger partial charge in [0.25, 0.3) is 0 Å². The third-order valence-corrected chi connectivity index (χ3v) is 3.91. The molecule has 5 heteroatoms. The number of rotatable bonds is 5. The smallest absolute Gasteiger partial charge is 0.233 e. The van der Waals surface area contributed by atoms with Crippen LogP contribution in [0.5, 0.6) is 0 Å². The Morgan fingerprint density at radius 1 is 1.39 bits per heavy atom. The summed E-state index contributed by atoms with van der Waals surface area (Å²) in [7, 11) is 0. The van der Waals surface area contributed by atoms with E-state index in [1.807, 2.05) is 24.3 Å². The van der Waals surface area contributed by atoms with E-state index < -0.39 is 5.41 Å². The molecule has 0 saturated heterocycles. The van der Waals surface area contributed by atoms with E-state index in [0.717, 1.165) is 24.8 Å². The van der Waals surface area contributed by atoms with E-state index in [1.165, 1.54) is 0 Å². The molecule has 3 N–H and O–H groups in total. The van der Waals surface area contributed by atoms with Gasteiger partial charge in [-0.3, -0.25) is 4.79 Å². The van der Waals surface area contributed by atoms with Crippen LogP contribution in [0.25, 0.3) is 0 Å². The molecule has 1 aromatic carbocycles. The molecule has 18 heavy (non-hydrogen) atoms. The maximum absolute atomic E-state index is 11.9. The highest BCUT2D eigenvalue weighted by molar-refractivity contribution is 7.80. The molecule has 0 radical (unpaired) electrons. The number of amides is 1. The molecule has 3 nitrogen and oxygen atoms in total. The van der Waals surface area contributed by atoms with Gasteiger partial charge in [0.05, 0.1) is 10.4 Å². The quantitative estimate of drug-likeness (QED) is 0.813. The molecule has 1 aromatic rings. The van der Waals surface area contributed by atoms with E-state index in [4.69, 9.17) is 29.6 Å². The van der Waals surface area contributed by atoms with Gasteiger partial charge in [0.1, 0.15) is 0 Å². The van der Waals surface area contributed by atoms with Gasteiger partial charge >= 0.3 is 0 Å². The minimum atomic E-state index is -0.560. The van der Waals surface area contributed by atoms with Gasteiger partial charge in [-0.2, -0.15) is 0 Å². The third-order valence-electron chi connectivity index (χ3n) is 3.27. The molecular formula is C13H15ClN2OS. The molecule has 1 aliphatic carbocycles. The zero-order valence-corrected chi connectivity index (χ0v) is 11.5. The highest BCUT2D eigenvalue weighted by Crippen LogP contribution is 2.46. The summed E-state index contributed by atoms with van der Waals surface area (Å²) < 4.78 is 0. The summed E-state index contributed by atoms with van der Waals surface area (Å²) in [4.78, 5) is 12.2. The topological polar surface area (TPSA) is 55.1 Å². The summed E-state index contributed by atoms with van der Waals surface area (Å²) in [5.74, 6) is -0.0380. The average Bonchev–Trinajstić information content (AvgIpc) is 3.13. The van der Waals surface area contributed by atoms with E-state index in [2.05, 4.69) is 5.32 Å². The second-order valence-corrected chi connectivity index (χ2v) is 5.45. The van der Waals surface area contributed by atoms with Crippen LogP contribution in [0.4, 0.5) is 0 Å². The van der Waals surface area contributed by atoms with Gasteiger partial charge in [0, 0.05) is 11.6 Å². The van der Waals surface area contributed by atoms with E-state index in [9.17, 15) is 4.79 Å². The lowest BCUT2D eigenvalue weighted by molar-refractivity contribution is -0.123. The largest absolute Gasteiger partial charge is 0.392 e. The summed E-state index contributed by atoms with van der Waals surface area (Å²) in [6.07, 6.45) is 2.32. The number of halogens is 1. The first-order valence-corrected chi connectivity index (χ1v) is 6.66. The van der Waals surface area contributed by atoms with Crippen molar-refractivity contribution in [3.63, 3.8) is 0 Å². The van der Waals surface area contributed by atoms with Crippen LogP contribution in [-0.4, -0.2) is 17.4 Å². The van der Waals surface area contributed by atoms with Crippen molar-refractivity contribution in [2.75, 3.05) is 6.54 Å². The molecule has 1 amide bonds. The van der Waals surface area contributed by atoms with Crippen LogP contribution < -0.4 is 11.1 Å². The predicted octanol–water partition coefficient (Wildman–Crippen LogP) is 2.07. The zero-order chi connectivity index (χ0) is 13.2. The Hall–Kier alpha value is -1.13. The van der Waals surface area contributed by atoms with Crippen molar-refractivity contribution in [3.05, 3.63) is 34.9 Å². The predicted molar refractivity (Wildman–Crippen MR) is 76.6 cm³/mol. The highest BCUT2D eigenvalue weighted by atomic mass is 35.5. The molecule has 0 heterocycles. The Morgan fingerprint density at radius 3 is 2.50 bits per heavy atom. The first-order chi connectivity index (χ1) is 8.54. The van der Waals surface area contributed by atoms with Crippen LogP contribution in [0.2, 0.25) is 5.02 Å². The van der Waals surface area contributed by atoms with Gasteiger partial charge in [-0.05, 0) is 37.0 Å². The highest BCUT2D eigenvalue weighted by Gasteiger charge is 2.52. The normalized spacial score (nSPS) is 16.1. The molecule has 96 valence electrons. The molecule has 0 spiro atoms. The number of carbonyl (C=O) groups excluding carboxylic acids is 1. The van der Waals surface area contributed by atoms with Crippen molar-refractivity contribution in [1.29, 1.82) is 0 Å². The number of carbonyl (C=O) groups is 1. The lowest BCUT2D eigenvalue weighted by Gasteiger charge is -2.13. The van der Waals surface area contributed by atoms with Crippen LogP contribution in [0.3, 0.4) is 0 Å². The third kappa shape index (κ3) is 2.82. The Labute approximate surface area is 117 Å². The van der Waals surface area contributed by atoms with Crippen LogP contribution in [-0.2, 0) is 11.2 Å². The standard InChI is InChI=1S/C13H15ClN2OS/c14-10-3-1-9(2-4-10)5-8-16-12(17)13(6-7-13)11(15)18/h1-4H,5-8H2,(H2,15,18)(H,16,17). The number of thiocarbonyl (C=S) groups is 1. The van der Waals surface area contributed by atoms with Crippen molar-refractivity contribution < 1.29 is 4.79 Å². The minimum Gasteiger partial charge on any atom is -0.392 e. The fourth-order valence-corrected chi connectivity index (χ4v) is 2.27. The summed E-state index contributed by atoms with van der Waals surface area (Å²) in [6, 6.07) is 7.59. The minimum absolute atomic E-state index is 0.0380. The average molecular weight is 283 g/mol. The lowest BCUT2D eigenvalue weighted by Crippen LogP contribution is -2.40. The Morgan fingerprint density at radius 2 is 2.00 bits per heavy atom.